The number of fused-ring (bicyclic) bond motifs is 2. The van der Waals surface area contributed by atoms with E-state index in [2.05, 4.69) is 21.6 Å². The van der Waals surface area contributed by atoms with Crippen molar-refractivity contribution in [3.05, 3.63) is 75.7 Å². The summed E-state index contributed by atoms with van der Waals surface area (Å²) in [6, 6.07) is 15.0. The van der Waals surface area contributed by atoms with Crippen LogP contribution in [0.1, 0.15) is 27.7 Å². The van der Waals surface area contributed by atoms with Gasteiger partial charge in [-0.15, -0.1) is 0 Å². The van der Waals surface area contributed by atoms with Gasteiger partial charge in [-0.1, -0.05) is 42.5 Å². The van der Waals surface area contributed by atoms with E-state index < -0.39 is 0 Å². The van der Waals surface area contributed by atoms with Crippen molar-refractivity contribution < 1.29 is 9.53 Å². The van der Waals surface area contributed by atoms with Gasteiger partial charge < -0.3 is 10.1 Å². The van der Waals surface area contributed by atoms with Gasteiger partial charge in [-0.3, -0.25) is 9.59 Å². The molecule has 0 saturated heterocycles. The second-order valence-electron chi connectivity index (χ2n) is 5.97. The van der Waals surface area contributed by atoms with E-state index in [-0.39, 0.29) is 23.3 Å². The van der Waals surface area contributed by atoms with Crippen molar-refractivity contribution in [2.45, 2.75) is 12.5 Å². The lowest BCUT2D eigenvalue weighted by atomic mass is 9.97. The Bertz CT molecular complexity index is 996. The smallest absolute Gasteiger partial charge is 0.272 e. The first kappa shape index (κ1) is 15.5. The Balaban J connectivity index is 1.56. The van der Waals surface area contributed by atoms with Crippen molar-refractivity contribution in [2.75, 3.05) is 13.2 Å². The summed E-state index contributed by atoms with van der Waals surface area (Å²) < 4.78 is 5.80. The molecule has 4 rings (SSSR count). The zero-order valence-corrected chi connectivity index (χ0v) is 13.5. The number of carbonyl (C=O) groups is 1. The molecule has 126 valence electrons. The average Bonchev–Trinajstić information content (AvgIpc) is 2.66. The first-order valence-corrected chi connectivity index (χ1v) is 8.19. The maximum Gasteiger partial charge on any atom is 0.272 e. The highest BCUT2D eigenvalue weighted by Crippen LogP contribution is 2.26. The summed E-state index contributed by atoms with van der Waals surface area (Å²) in [6.07, 6.45) is 0.704. The normalized spacial score (nSPS) is 16.4. The molecule has 1 aliphatic heterocycles. The van der Waals surface area contributed by atoms with Crippen LogP contribution in [0.4, 0.5) is 0 Å². The first-order valence-electron chi connectivity index (χ1n) is 8.19. The molecule has 0 radical (unpaired) electrons. The van der Waals surface area contributed by atoms with E-state index in [1.807, 2.05) is 18.2 Å². The topological polar surface area (TPSA) is 84.1 Å². The molecule has 2 aromatic carbocycles. The zero-order valence-electron chi connectivity index (χ0n) is 13.5. The lowest BCUT2D eigenvalue weighted by molar-refractivity contribution is 0.0411. The van der Waals surface area contributed by atoms with Crippen LogP contribution in [0.5, 0.6) is 0 Å². The van der Waals surface area contributed by atoms with Crippen molar-refractivity contribution in [1.29, 1.82) is 0 Å². The number of carbonyl (C=O) groups excluding carboxylic acids is 1. The maximum atomic E-state index is 12.6. The van der Waals surface area contributed by atoms with Crippen LogP contribution in [0.3, 0.4) is 0 Å². The van der Waals surface area contributed by atoms with Crippen LogP contribution in [0.2, 0.25) is 0 Å². The number of hydrogen-bond acceptors (Lipinski definition) is 4. The molecule has 0 unspecified atom stereocenters. The van der Waals surface area contributed by atoms with E-state index in [0.29, 0.717) is 23.9 Å². The lowest BCUT2D eigenvalue weighted by Crippen LogP contribution is -2.33. The number of nitrogens with zero attached hydrogens (tertiary/aromatic N) is 1. The molecular weight excluding hydrogens is 318 g/mol. The van der Waals surface area contributed by atoms with Gasteiger partial charge in [0.05, 0.1) is 12.0 Å². The van der Waals surface area contributed by atoms with Gasteiger partial charge in [0.15, 0.2) is 5.69 Å². The second kappa shape index (κ2) is 6.49. The minimum Gasteiger partial charge on any atom is -0.371 e. The van der Waals surface area contributed by atoms with Gasteiger partial charge in [0, 0.05) is 11.9 Å². The molecule has 2 N–H and O–H groups in total. The predicted octanol–water partition coefficient (Wildman–Crippen LogP) is 1.97. The molecule has 0 aliphatic carbocycles. The minimum absolute atomic E-state index is 0.178. The average molecular weight is 335 g/mol. The molecule has 25 heavy (non-hydrogen) atoms. The van der Waals surface area contributed by atoms with Crippen LogP contribution in [0, 0.1) is 0 Å². The van der Waals surface area contributed by atoms with Crippen LogP contribution < -0.4 is 10.9 Å². The summed E-state index contributed by atoms with van der Waals surface area (Å²) in [5, 5.41) is 10.2. The van der Waals surface area contributed by atoms with Gasteiger partial charge in [0.1, 0.15) is 6.10 Å². The summed E-state index contributed by atoms with van der Waals surface area (Å²) in [4.78, 5) is 24.4. The van der Waals surface area contributed by atoms with Crippen molar-refractivity contribution >= 4 is 16.7 Å². The fraction of sp³-hybridized carbons (Fsp3) is 0.211. The van der Waals surface area contributed by atoms with E-state index in [1.165, 1.54) is 5.56 Å². The van der Waals surface area contributed by atoms with Gasteiger partial charge in [0.2, 0.25) is 0 Å². The van der Waals surface area contributed by atoms with Crippen molar-refractivity contribution in [1.82, 2.24) is 15.5 Å². The summed E-state index contributed by atoms with van der Waals surface area (Å²) in [7, 11) is 0. The monoisotopic (exact) mass is 335 g/mol. The number of nitrogens with one attached hydrogen (secondary N) is 2. The Labute approximate surface area is 143 Å². The molecule has 6 nitrogen and oxygen atoms in total. The third-order valence-electron chi connectivity index (χ3n) is 4.45. The van der Waals surface area contributed by atoms with Crippen LogP contribution in [0.25, 0.3) is 10.8 Å². The van der Waals surface area contributed by atoms with E-state index in [9.17, 15) is 9.59 Å². The summed E-state index contributed by atoms with van der Waals surface area (Å²) in [5.41, 5.74) is 2.25. The molecule has 1 aromatic heterocycles. The van der Waals surface area contributed by atoms with Crippen LogP contribution >= 0.6 is 0 Å². The Kier molecular flexibility index (Phi) is 4.03. The lowest BCUT2D eigenvalue weighted by Gasteiger charge is -2.26. The first-order chi connectivity index (χ1) is 12.2. The Morgan fingerprint density at radius 2 is 1.92 bits per heavy atom. The van der Waals surface area contributed by atoms with E-state index in [1.54, 1.807) is 24.3 Å². The van der Waals surface area contributed by atoms with Crippen LogP contribution in [0.15, 0.2) is 53.3 Å². The van der Waals surface area contributed by atoms with E-state index >= 15 is 0 Å². The quantitative estimate of drug-likeness (QED) is 0.766. The SMILES string of the molecule is O=C(NC[C@H]1OCCc2ccccc21)c1n[nH]c(=O)c2ccccc12. The highest BCUT2D eigenvalue weighted by molar-refractivity contribution is 6.04. The molecule has 2 heterocycles. The molecule has 6 heteroatoms. The molecule has 3 aromatic rings. The van der Waals surface area contributed by atoms with E-state index in [0.717, 1.165) is 12.0 Å². The van der Waals surface area contributed by atoms with Crippen LogP contribution in [-0.4, -0.2) is 29.3 Å². The van der Waals surface area contributed by atoms with Gasteiger partial charge in [-0.2, -0.15) is 5.10 Å². The summed E-state index contributed by atoms with van der Waals surface area (Å²) >= 11 is 0. The third-order valence-corrected chi connectivity index (χ3v) is 4.45. The van der Waals surface area contributed by atoms with Crippen molar-refractivity contribution in [3.8, 4) is 0 Å². The van der Waals surface area contributed by atoms with Gasteiger partial charge in [-0.25, -0.2) is 5.10 Å². The molecular formula is C19H17N3O3. The highest BCUT2D eigenvalue weighted by Gasteiger charge is 2.22. The number of amides is 1. The van der Waals surface area contributed by atoms with E-state index in [4.69, 9.17) is 4.74 Å². The minimum atomic E-state index is -0.334. The number of H-pyrrole nitrogens is 1. The Morgan fingerprint density at radius 1 is 1.16 bits per heavy atom. The van der Waals surface area contributed by atoms with Crippen molar-refractivity contribution in [3.63, 3.8) is 0 Å². The summed E-state index contributed by atoms with van der Waals surface area (Å²) in [5.74, 6) is -0.334. The predicted molar refractivity (Wildman–Crippen MR) is 93.5 cm³/mol. The number of ether oxygens (including phenoxy) is 1. The van der Waals surface area contributed by atoms with Gasteiger partial charge >= 0.3 is 0 Å². The molecule has 0 fully saturated rings. The summed E-state index contributed by atoms with van der Waals surface area (Å²) in [6.45, 7) is 0.988. The number of rotatable bonds is 3. The van der Waals surface area contributed by atoms with Gasteiger partial charge in [-0.05, 0) is 23.6 Å². The number of aromatic nitrogens is 2. The van der Waals surface area contributed by atoms with Crippen LogP contribution in [-0.2, 0) is 11.2 Å². The maximum absolute atomic E-state index is 12.6. The number of hydrogen-bond donors (Lipinski definition) is 2. The number of aromatic amines is 1. The number of benzene rings is 2. The molecule has 0 saturated carbocycles. The zero-order chi connectivity index (χ0) is 17.2. The molecule has 1 amide bonds. The fourth-order valence-electron chi connectivity index (χ4n) is 3.20. The largest absolute Gasteiger partial charge is 0.371 e. The molecule has 0 spiro atoms. The second-order valence-corrected chi connectivity index (χ2v) is 5.97. The van der Waals surface area contributed by atoms with Gasteiger partial charge in [0.25, 0.3) is 11.5 Å². The molecule has 1 aliphatic rings. The third kappa shape index (κ3) is 2.92. The van der Waals surface area contributed by atoms with Crippen molar-refractivity contribution in [2.24, 2.45) is 0 Å². The molecule has 1 atom stereocenters. The molecule has 0 bridgehead atoms. The Hall–Kier alpha value is -2.99. The fourth-order valence-corrected chi connectivity index (χ4v) is 3.20. The Morgan fingerprint density at radius 3 is 2.80 bits per heavy atom. The highest BCUT2D eigenvalue weighted by atomic mass is 16.5. The standard InChI is InChI=1S/C19H17N3O3/c23-18-15-8-4-3-7-14(15)17(21-22-18)19(24)20-11-16-13-6-2-1-5-12(13)9-10-25-16/h1-8,16H,9-11H2,(H,20,24)(H,22,23)/t16-/m1/s1.